The molecule has 3 N–H and O–H groups in total. The Morgan fingerprint density at radius 2 is 1.54 bits per heavy atom. The van der Waals surface area contributed by atoms with Gasteiger partial charge in [0.05, 0.1) is 5.56 Å². The highest BCUT2D eigenvalue weighted by Gasteiger charge is 2.22. The molecule has 0 aliphatic rings. The molecule has 140 valence electrons. The van der Waals surface area contributed by atoms with Crippen molar-refractivity contribution in [1.82, 2.24) is 0 Å². The van der Waals surface area contributed by atoms with E-state index in [-0.39, 0.29) is 17.1 Å². The minimum atomic E-state index is -0.996. The van der Waals surface area contributed by atoms with Crippen LogP contribution in [-0.2, 0) is 12.8 Å². The summed E-state index contributed by atoms with van der Waals surface area (Å²) in [6.07, 6.45) is 4.91. The number of rotatable bonds is 8. The number of hydrogen-bond acceptors (Lipinski definition) is 3. The zero-order valence-corrected chi connectivity index (χ0v) is 15.8. The molecule has 0 spiro atoms. The van der Waals surface area contributed by atoms with Gasteiger partial charge >= 0.3 is 5.97 Å². The Morgan fingerprint density at radius 1 is 0.923 bits per heavy atom. The molecule has 0 aliphatic heterocycles. The first kappa shape index (κ1) is 19.8. The number of unbranched alkanes of at least 4 members (excludes halogenated alkanes) is 2. The Morgan fingerprint density at radius 3 is 2.12 bits per heavy atom. The molecule has 2 aromatic carbocycles. The summed E-state index contributed by atoms with van der Waals surface area (Å²) in [7, 11) is 0. The average Bonchev–Trinajstić information content (AvgIpc) is 2.61. The summed E-state index contributed by atoms with van der Waals surface area (Å²) in [5.41, 5.74) is 3.69. The lowest BCUT2D eigenvalue weighted by molar-refractivity contribution is 0.0695. The summed E-state index contributed by atoms with van der Waals surface area (Å²) >= 11 is 0. The second kappa shape index (κ2) is 8.75. The highest BCUT2D eigenvalue weighted by Crippen LogP contribution is 2.41. The van der Waals surface area contributed by atoms with E-state index < -0.39 is 5.97 Å². The maximum atomic E-state index is 11.7. The second-order valence-electron chi connectivity index (χ2n) is 6.76. The molecule has 4 heteroatoms. The standard InChI is InChI=1S/C22H28O4/c1-4-6-8-15-18(22(25)26)12-13-19(23)20(15)16-11-10-14(3)21(24)17(16)9-7-5-2/h10-13,23-24H,4-9H2,1-3H3,(H,25,26). The SMILES string of the molecule is CCCCc1c(-c2c(O)ccc(C(=O)O)c2CCCC)ccc(C)c1O. The minimum Gasteiger partial charge on any atom is -0.507 e. The summed E-state index contributed by atoms with van der Waals surface area (Å²) in [5.74, 6) is -0.705. The third-order valence-corrected chi connectivity index (χ3v) is 4.84. The van der Waals surface area contributed by atoms with Crippen LogP contribution in [0.25, 0.3) is 11.1 Å². The number of aromatic hydroxyl groups is 2. The normalized spacial score (nSPS) is 10.9. The molecule has 0 saturated heterocycles. The number of carboxylic acid groups (broad SMARTS) is 1. The molecule has 26 heavy (non-hydrogen) atoms. The lowest BCUT2D eigenvalue weighted by Crippen LogP contribution is -2.06. The van der Waals surface area contributed by atoms with Gasteiger partial charge in [-0.2, -0.15) is 0 Å². The van der Waals surface area contributed by atoms with E-state index in [1.165, 1.54) is 12.1 Å². The first-order valence-electron chi connectivity index (χ1n) is 9.32. The minimum absolute atomic E-state index is 0.0575. The van der Waals surface area contributed by atoms with Gasteiger partial charge in [0.15, 0.2) is 0 Å². The summed E-state index contributed by atoms with van der Waals surface area (Å²) in [6.45, 7) is 5.98. The van der Waals surface area contributed by atoms with Crippen LogP contribution in [0.5, 0.6) is 11.5 Å². The molecule has 0 aromatic heterocycles. The maximum Gasteiger partial charge on any atom is 0.335 e. The number of carbonyl (C=O) groups is 1. The van der Waals surface area contributed by atoms with Crippen LogP contribution < -0.4 is 0 Å². The zero-order chi connectivity index (χ0) is 19.3. The Labute approximate surface area is 155 Å². The van der Waals surface area contributed by atoms with Gasteiger partial charge in [-0.15, -0.1) is 0 Å². The summed E-state index contributed by atoms with van der Waals surface area (Å²) < 4.78 is 0. The highest BCUT2D eigenvalue weighted by molar-refractivity contribution is 5.94. The van der Waals surface area contributed by atoms with Crippen LogP contribution in [0.2, 0.25) is 0 Å². The van der Waals surface area contributed by atoms with Gasteiger partial charge in [-0.1, -0.05) is 38.8 Å². The monoisotopic (exact) mass is 356 g/mol. The van der Waals surface area contributed by atoms with Crippen LogP contribution >= 0.6 is 0 Å². The van der Waals surface area contributed by atoms with Crippen molar-refractivity contribution in [3.8, 4) is 22.6 Å². The Balaban J connectivity index is 2.76. The fourth-order valence-corrected chi connectivity index (χ4v) is 3.34. The van der Waals surface area contributed by atoms with Gasteiger partial charge in [-0.05, 0) is 61.4 Å². The van der Waals surface area contributed by atoms with Crippen molar-refractivity contribution in [2.24, 2.45) is 0 Å². The van der Waals surface area contributed by atoms with Gasteiger partial charge in [0.2, 0.25) is 0 Å². The van der Waals surface area contributed by atoms with Crippen molar-refractivity contribution in [3.05, 3.63) is 46.5 Å². The smallest absolute Gasteiger partial charge is 0.335 e. The molecular weight excluding hydrogens is 328 g/mol. The molecule has 2 aromatic rings. The van der Waals surface area contributed by atoms with E-state index in [0.29, 0.717) is 24.0 Å². The first-order valence-corrected chi connectivity index (χ1v) is 9.32. The number of phenols is 2. The molecule has 0 saturated carbocycles. The number of carboxylic acids is 1. The van der Waals surface area contributed by atoms with E-state index >= 15 is 0 Å². The second-order valence-corrected chi connectivity index (χ2v) is 6.76. The molecule has 0 amide bonds. The number of aryl methyl sites for hydroxylation is 1. The van der Waals surface area contributed by atoms with Crippen LogP contribution in [0.4, 0.5) is 0 Å². The molecule has 0 fully saturated rings. The molecule has 0 bridgehead atoms. The first-order chi connectivity index (χ1) is 12.4. The van der Waals surface area contributed by atoms with Crippen molar-refractivity contribution in [2.45, 2.75) is 59.3 Å². The van der Waals surface area contributed by atoms with Crippen LogP contribution in [0.3, 0.4) is 0 Å². The van der Waals surface area contributed by atoms with Crippen molar-refractivity contribution >= 4 is 5.97 Å². The third kappa shape index (κ3) is 4.01. The molecule has 0 heterocycles. The predicted octanol–water partition coefficient (Wildman–Crippen LogP) is 5.46. The maximum absolute atomic E-state index is 11.7. The van der Waals surface area contributed by atoms with Crippen molar-refractivity contribution < 1.29 is 20.1 Å². The van der Waals surface area contributed by atoms with Crippen LogP contribution in [0, 0.1) is 6.92 Å². The molecule has 0 radical (unpaired) electrons. The Bertz CT molecular complexity index is 793. The van der Waals surface area contributed by atoms with Crippen molar-refractivity contribution in [3.63, 3.8) is 0 Å². The van der Waals surface area contributed by atoms with Crippen LogP contribution in [-0.4, -0.2) is 21.3 Å². The van der Waals surface area contributed by atoms with E-state index in [9.17, 15) is 20.1 Å². The van der Waals surface area contributed by atoms with E-state index in [1.54, 1.807) is 0 Å². The molecule has 0 aliphatic carbocycles. The van der Waals surface area contributed by atoms with Gasteiger partial charge in [-0.3, -0.25) is 0 Å². The largest absolute Gasteiger partial charge is 0.507 e. The summed E-state index contributed by atoms with van der Waals surface area (Å²) in [6, 6.07) is 6.60. The van der Waals surface area contributed by atoms with Gasteiger partial charge in [0.25, 0.3) is 0 Å². The zero-order valence-electron chi connectivity index (χ0n) is 15.8. The van der Waals surface area contributed by atoms with Gasteiger partial charge < -0.3 is 15.3 Å². The van der Waals surface area contributed by atoms with Crippen molar-refractivity contribution in [2.75, 3.05) is 0 Å². The molecule has 2 rings (SSSR count). The Kier molecular flexibility index (Phi) is 6.67. The molecule has 0 atom stereocenters. The van der Waals surface area contributed by atoms with Crippen LogP contribution in [0.1, 0.15) is 66.6 Å². The summed E-state index contributed by atoms with van der Waals surface area (Å²) in [4.78, 5) is 11.7. The Hall–Kier alpha value is -2.49. The molecular formula is C22H28O4. The predicted molar refractivity (Wildman–Crippen MR) is 104 cm³/mol. The van der Waals surface area contributed by atoms with E-state index in [2.05, 4.69) is 6.92 Å². The summed E-state index contributed by atoms with van der Waals surface area (Å²) in [5, 5.41) is 30.8. The third-order valence-electron chi connectivity index (χ3n) is 4.84. The molecule has 4 nitrogen and oxygen atoms in total. The average molecular weight is 356 g/mol. The number of hydrogen-bond donors (Lipinski definition) is 3. The van der Waals surface area contributed by atoms with Gasteiger partial charge in [-0.25, -0.2) is 4.79 Å². The van der Waals surface area contributed by atoms with E-state index in [1.807, 2.05) is 26.0 Å². The molecule has 0 unspecified atom stereocenters. The number of phenolic OH excluding ortho intramolecular Hbond substituents is 2. The van der Waals surface area contributed by atoms with Crippen LogP contribution in [0.15, 0.2) is 24.3 Å². The lowest BCUT2D eigenvalue weighted by Gasteiger charge is -2.19. The number of benzene rings is 2. The fourth-order valence-electron chi connectivity index (χ4n) is 3.34. The number of aromatic carboxylic acids is 1. The van der Waals surface area contributed by atoms with Gasteiger partial charge in [0, 0.05) is 11.1 Å². The van der Waals surface area contributed by atoms with E-state index in [0.717, 1.165) is 42.4 Å². The highest BCUT2D eigenvalue weighted by atomic mass is 16.4. The fraction of sp³-hybridized carbons (Fsp3) is 0.409. The van der Waals surface area contributed by atoms with Gasteiger partial charge in [0.1, 0.15) is 11.5 Å². The van der Waals surface area contributed by atoms with Crippen molar-refractivity contribution in [1.29, 1.82) is 0 Å². The lowest BCUT2D eigenvalue weighted by atomic mass is 9.86. The van der Waals surface area contributed by atoms with E-state index in [4.69, 9.17) is 0 Å². The quantitative estimate of drug-likeness (QED) is 0.587. The topological polar surface area (TPSA) is 77.8 Å².